The number of carbonyl (C=O) groups is 2. The van der Waals surface area contributed by atoms with Gasteiger partial charge in [0.05, 0.1) is 18.2 Å². The number of fused-ring (bicyclic) bond motifs is 3. The van der Waals surface area contributed by atoms with E-state index in [1.807, 2.05) is 63.2 Å². The summed E-state index contributed by atoms with van der Waals surface area (Å²) in [6.07, 6.45) is 8.02. The zero-order valence-electron chi connectivity index (χ0n) is 35.6. The fraction of sp³-hybridized carbons (Fsp3) is 0.479. The third kappa shape index (κ3) is 9.59. The van der Waals surface area contributed by atoms with E-state index in [1.54, 1.807) is 42.3 Å². The number of likely N-dealkylation sites (N-methyl/N-ethyl adjacent to an activating group) is 1. The van der Waals surface area contributed by atoms with Crippen LogP contribution in [0.1, 0.15) is 93.1 Å². The number of carbonyl (C=O) groups excluding carboxylic acids is 2. The Hall–Kier alpha value is -5.37. The molecule has 0 bridgehead atoms. The molecular weight excluding hydrogens is 779 g/mol. The number of aliphatic hydroxyl groups is 2. The molecule has 1 fully saturated rings. The van der Waals surface area contributed by atoms with Crippen molar-refractivity contribution in [3.63, 3.8) is 0 Å². The molecule has 0 saturated heterocycles. The highest BCUT2D eigenvalue weighted by molar-refractivity contribution is 6.03. The zero-order valence-corrected chi connectivity index (χ0v) is 35.6. The average Bonchev–Trinajstić information content (AvgIpc) is 3.73. The van der Waals surface area contributed by atoms with Gasteiger partial charge >= 0.3 is 6.09 Å². The minimum Gasteiger partial charge on any atom is -0.459 e. The number of benzene rings is 3. The smallest absolute Gasteiger partial charge is 0.412 e. The highest BCUT2D eigenvalue weighted by Crippen LogP contribution is 2.62. The SMILES string of the molecule is C=CCO[C@@]12Oc3ccc(OC(=O)NCc4ccccc4)cc3[C@H]3[C@H](CCCCO)[C@@H](CCCCO)C=C(C(=NOC(C)(C)C)C[C@@H]1N(C)C(=O)c1ccc4c(c1)OCO4)[C@H]32. The molecule has 0 aromatic heterocycles. The van der Waals surface area contributed by atoms with Gasteiger partial charge in [-0.1, -0.05) is 60.5 Å². The first-order chi connectivity index (χ1) is 29.5. The molecule has 2 heterocycles. The minimum atomic E-state index is -1.44. The molecule has 4 aliphatic rings. The van der Waals surface area contributed by atoms with Gasteiger partial charge in [-0.05, 0) is 106 Å². The average molecular weight is 838 g/mol. The normalized spacial score (nSPS) is 24.1. The van der Waals surface area contributed by atoms with Crippen molar-refractivity contribution in [3.05, 3.63) is 108 Å². The molecule has 7 rings (SSSR count). The molecular formula is C48H59N3O10. The van der Waals surface area contributed by atoms with Crippen molar-refractivity contribution in [2.24, 2.45) is 22.9 Å². The van der Waals surface area contributed by atoms with E-state index in [9.17, 15) is 19.8 Å². The summed E-state index contributed by atoms with van der Waals surface area (Å²) >= 11 is 0. The highest BCUT2D eigenvalue weighted by atomic mass is 16.7. The van der Waals surface area contributed by atoms with Gasteiger partial charge in [0.2, 0.25) is 12.6 Å². The zero-order chi connectivity index (χ0) is 43.1. The molecule has 3 aromatic rings. The summed E-state index contributed by atoms with van der Waals surface area (Å²) in [6.45, 7) is 10.5. The Morgan fingerprint density at radius 3 is 2.44 bits per heavy atom. The summed E-state index contributed by atoms with van der Waals surface area (Å²) in [5.41, 5.74) is 3.16. The van der Waals surface area contributed by atoms with Gasteiger partial charge in [0.25, 0.3) is 5.91 Å². The molecule has 2 aliphatic carbocycles. The molecule has 6 atom stereocenters. The quantitative estimate of drug-likeness (QED) is 0.0694. The lowest BCUT2D eigenvalue weighted by Gasteiger charge is -2.59. The molecule has 13 nitrogen and oxygen atoms in total. The molecule has 0 radical (unpaired) electrons. The van der Waals surface area contributed by atoms with Crippen LogP contribution in [0.5, 0.6) is 23.0 Å². The Morgan fingerprint density at radius 2 is 1.70 bits per heavy atom. The summed E-state index contributed by atoms with van der Waals surface area (Å²) in [5.74, 6) is -0.551. The van der Waals surface area contributed by atoms with Crippen LogP contribution in [0.25, 0.3) is 0 Å². The van der Waals surface area contributed by atoms with Gasteiger partial charge in [-0.25, -0.2) is 4.79 Å². The lowest BCUT2D eigenvalue weighted by atomic mass is 9.55. The van der Waals surface area contributed by atoms with Gasteiger partial charge in [-0.15, -0.1) is 6.58 Å². The molecule has 3 aromatic carbocycles. The lowest BCUT2D eigenvalue weighted by Crippen LogP contribution is -2.69. The van der Waals surface area contributed by atoms with E-state index in [1.165, 1.54) is 0 Å². The van der Waals surface area contributed by atoms with Crippen LogP contribution in [0, 0.1) is 17.8 Å². The number of hydrogen-bond acceptors (Lipinski definition) is 11. The highest BCUT2D eigenvalue weighted by Gasteiger charge is 2.65. The summed E-state index contributed by atoms with van der Waals surface area (Å²) < 4.78 is 31.4. The van der Waals surface area contributed by atoms with Crippen molar-refractivity contribution in [1.29, 1.82) is 0 Å². The van der Waals surface area contributed by atoms with Crippen molar-refractivity contribution in [2.45, 2.75) is 95.6 Å². The molecule has 61 heavy (non-hydrogen) atoms. The topological polar surface area (TPSA) is 158 Å². The summed E-state index contributed by atoms with van der Waals surface area (Å²) in [6, 6.07) is 19.5. The number of oxime groups is 1. The van der Waals surface area contributed by atoms with Gasteiger partial charge in [-0.3, -0.25) is 4.79 Å². The number of amides is 2. The predicted octanol–water partition coefficient (Wildman–Crippen LogP) is 7.91. The van der Waals surface area contributed by atoms with Gasteiger partial charge in [-0.2, -0.15) is 0 Å². The predicted molar refractivity (Wildman–Crippen MR) is 230 cm³/mol. The Morgan fingerprint density at radius 1 is 0.967 bits per heavy atom. The number of aliphatic hydroxyl groups excluding tert-OH is 2. The van der Waals surface area contributed by atoms with E-state index in [4.69, 9.17) is 33.7 Å². The first-order valence-electron chi connectivity index (χ1n) is 21.4. The number of rotatable bonds is 17. The van der Waals surface area contributed by atoms with Crippen LogP contribution in [0.15, 0.2) is 96.2 Å². The number of ether oxygens (including phenoxy) is 5. The second-order valence-corrected chi connectivity index (χ2v) is 17.2. The van der Waals surface area contributed by atoms with E-state index >= 15 is 0 Å². The largest absolute Gasteiger partial charge is 0.459 e. The monoisotopic (exact) mass is 837 g/mol. The van der Waals surface area contributed by atoms with Crippen LogP contribution in [0.3, 0.4) is 0 Å². The molecule has 1 saturated carbocycles. The van der Waals surface area contributed by atoms with Gasteiger partial charge in [0.1, 0.15) is 23.1 Å². The van der Waals surface area contributed by atoms with Crippen molar-refractivity contribution in [1.82, 2.24) is 10.2 Å². The number of hydrogen-bond donors (Lipinski definition) is 3. The maximum atomic E-state index is 14.7. The first-order valence-corrected chi connectivity index (χ1v) is 21.4. The third-order valence-corrected chi connectivity index (χ3v) is 12.0. The van der Waals surface area contributed by atoms with E-state index in [0.717, 1.165) is 42.4 Å². The van der Waals surface area contributed by atoms with Crippen LogP contribution in [-0.2, 0) is 16.1 Å². The van der Waals surface area contributed by atoms with E-state index in [0.29, 0.717) is 53.7 Å². The third-order valence-electron chi connectivity index (χ3n) is 12.0. The minimum absolute atomic E-state index is 0.00564. The summed E-state index contributed by atoms with van der Waals surface area (Å²) in [4.78, 5) is 35.8. The Kier molecular flexibility index (Phi) is 13.7. The molecule has 3 N–H and O–H groups in total. The second-order valence-electron chi connectivity index (χ2n) is 17.2. The van der Waals surface area contributed by atoms with Gasteiger partial charge in [0.15, 0.2) is 11.5 Å². The van der Waals surface area contributed by atoms with Crippen LogP contribution < -0.4 is 24.3 Å². The second kappa shape index (κ2) is 19.1. The van der Waals surface area contributed by atoms with Crippen molar-refractivity contribution < 1.29 is 48.3 Å². The Labute approximate surface area is 358 Å². The standard InChI is InChI=1S/C48H59N3O10/c1-6-24-58-48-42(51(5)45(54)33-18-20-40-41(26-33)57-30-56-40)28-38(50-61-47(2,3)4)36-25-32(16-10-12-22-52)35(17-11-13-23-53)43(44(36)48)37-27-34(19-21-39(37)60-48)59-46(55)49-29-31-14-8-7-9-15-31/h6-9,14-15,18-21,25-27,32,35,42-44,52-53H,1,10-13,16-17,22-24,28-30H2,2-5H3,(H,49,55)/t32-,35+,42-,43+,44+,48+/m0/s1. The molecule has 326 valence electrons. The van der Waals surface area contributed by atoms with Crippen LogP contribution in [-0.4, -0.2) is 83.9 Å². The Bertz CT molecular complexity index is 2100. The lowest BCUT2D eigenvalue weighted by molar-refractivity contribution is -0.252. The van der Waals surface area contributed by atoms with Gasteiger partial charge in [0, 0.05) is 50.3 Å². The maximum absolute atomic E-state index is 14.7. The van der Waals surface area contributed by atoms with Crippen molar-refractivity contribution in [2.75, 3.05) is 33.7 Å². The molecule has 0 spiro atoms. The fourth-order valence-electron chi connectivity index (χ4n) is 9.27. The maximum Gasteiger partial charge on any atom is 0.412 e. The first kappa shape index (κ1) is 43.7. The van der Waals surface area contributed by atoms with Crippen molar-refractivity contribution in [3.8, 4) is 23.0 Å². The van der Waals surface area contributed by atoms with E-state index in [2.05, 4.69) is 18.0 Å². The van der Waals surface area contributed by atoms with Crippen LogP contribution in [0.2, 0.25) is 0 Å². The number of nitrogens with zero attached hydrogens (tertiary/aromatic N) is 2. The molecule has 0 unspecified atom stereocenters. The number of allylic oxidation sites excluding steroid dienone is 1. The van der Waals surface area contributed by atoms with E-state index < -0.39 is 29.4 Å². The summed E-state index contributed by atoms with van der Waals surface area (Å²) in [7, 11) is 1.76. The van der Waals surface area contributed by atoms with Crippen LogP contribution >= 0.6 is 0 Å². The van der Waals surface area contributed by atoms with E-state index in [-0.39, 0.29) is 56.7 Å². The van der Waals surface area contributed by atoms with Crippen molar-refractivity contribution >= 4 is 17.7 Å². The fourth-order valence-corrected chi connectivity index (χ4v) is 9.27. The van der Waals surface area contributed by atoms with Crippen LogP contribution in [0.4, 0.5) is 4.79 Å². The molecule has 2 aliphatic heterocycles. The summed E-state index contributed by atoms with van der Waals surface area (Å²) in [5, 5.41) is 27.5. The number of nitrogens with one attached hydrogen (secondary N) is 1. The number of unbranched alkanes of at least 4 members (excludes halogenated alkanes) is 2. The molecule has 13 heteroatoms. The molecule has 2 amide bonds. The Balaban J connectivity index is 1.37. The van der Waals surface area contributed by atoms with Gasteiger partial charge < -0.3 is 49.0 Å².